The third kappa shape index (κ3) is 4.59. The van der Waals surface area contributed by atoms with Gasteiger partial charge in [0.15, 0.2) is 5.75 Å². The molecule has 184 valence electrons. The lowest BCUT2D eigenvalue weighted by Gasteiger charge is -2.15. The van der Waals surface area contributed by atoms with Crippen LogP contribution in [0.1, 0.15) is 35.2 Å². The van der Waals surface area contributed by atoms with E-state index >= 15 is 0 Å². The van der Waals surface area contributed by atoms with Crippen LogP contribution in [0.15, 0.2) is 54.6 Å². The van der Waals surface area contributed by atoms with Gasteiger partial charge in [0.1, 0.15) is 0 Å². The summed E-state index contributed by atoms with van der Waals surface area (Å²) >= 11 is 0. The molecule has 9 nitrogen and oxygen atoms in total. The Labute approximate surface area is 208 Å². The summed E-state index contributed by atoms with van der Waals surface area (Å²) in [7, 11) is 1.39. The van der Waals surface area contributed by atoms with Crippen LogP contribution >= 0.6 is 0 Å². The van der Waals surface area contributed by atoms with Gasteiger partial charge in [-0.25, -0.2) is 0 Å². The number of hydrogen-bond donors (Lipinski definition) is 2. The fourth-order valence-electron chi connectivity index (χ4n) is 4.70. The number of nitro groups is 1. The molecule has 2 amide bonds. The van der Waals surface area contributed by atoms with Gasteiger partial charge in [-0.15, -0.1) is 0 Å². The predicted octanol–water partition coefficient (Wildman–Crippen LogP) is 5.13. The first-order valence-electron chi connectivity index (χ1n) is 11.9. The molecule has 1 fully saturated rings. The van der Waals surface area contributed by atoms with E-state index in [9.17, 15) is 19.7 Å². The van der Waals surface area contributed by atoms with E-state index in [1.54, 1.807) is 24.3 Å². The van der Waals surface area contributed by atoms with Crippen LogP contribution in [-0.2, 0) is 11.2 Å². The summed E-state index contributed by atoms with van der Waals surface area (Å²) in [4.78, 5) is 38.0. The number of nitrogens with zero attached hydrogens (tertiary/aromatic N) is 2. The van der Waals surface area contributed by atoms with E-state index in [0.29, 0.717) is 29.8 Å². The molecule has 2 aliphatic rings. The number of amides is 2. The molecule has 0 spiro atoms. The average Bonchev–Trinajstić information content (AvgIpc) is 3.39. The first-order valence-corrected chi connectivity index (χ1v) is 11.9. The highest BCUT2D eigenvalue weighted by molar-refractivity contribution is 6.12. The number of benzene rings is 3. The average molecular weight is 487 g/mol. The van der Waals surface area contributed by atoms with Crippen LogP contribution < -0.4 is 15.4 Å². The first-order chi connectivity index (χ1) is 17.4. The molecule has 2 heterocycles. The molecule has 2 N–H and O–H groups in total. The second-order valence-electron chi connectivity index (χ2n) is 8.95. The minimum atomic E-state index is -0.487. The summed E-state index contributed by atoms with van der Waals surface area (Å²) in [6.07, 6.45) is 3.20. The van der Waals surface area contributed by atoms with Gasteiger partial charge in [-0.1, -0.05) is 12.1 Å². The molecule has 0 radical (unpaired) electrons. The van der Waals surface area contributed by atoms with E-state index < -0.39 is 4.92 Å². The molecule has 3 aromatic carbocycles. The van der Waals surface area contributed by atoms with E-state index in [1.165, 1.54) is 13.2 Å². The molecule has 36 heavy (non-hydrogen) atoms. The number of aryl methyl sites for hydroxylation is 1. The Morgan fingerprint density at radius 2 is 1.72 bits per heavy atom. The number of ether oxygens (including phenoxy) is 1. The van der Waals surface area contributed by atoms with Crippen LogP contribution in [0, 0.1) is 10.1 Å². The monoisotopic (exact) mass is 486 g/mol. The zero-order valence-electron chi connectivity index (χ0n) is 19.9. The maximum absolute atomic E-state index is 13.0. The highest BCUT2D eigenvalue weighted by Crippen LogP contribution is 2.37. The van der Waals surface area contributed by atoms with Gasteiger partial charge in [0.2, 0.25) is 5.91 Å². The summed E-state index contributed by atoms with van der Waals surface area (Å²) < 4.78 is 5.19. The second-order valence-corrected chi connectivity index (χ2v) is 8.95. The number of fused-ring (bicyclic) bond motifs is 2. The lowest BCUT2D eigenvalue weighted by Crippen LogP contribution is -2.27. The molecule has 0 bridgehead atoms. The quantitative estimate of drug-likeness (QED) is 0.369. The zero-order chi connectivity index (χ0) is 25.2. The van der Waals surface area contributed by atoms with Crippen molar-refractivity contribution in [3.63, 3.8) is 0 Å². The normalized spacial score (nSPS) is 14.2. The van der Waals surface area contributed by atoms with Gasteiger partial charge < -0.3 is 20.3 Å². The topological polar surface area (TPSA) is 114 Å². The van der Waals surface area contributed by atoms with Crippen LogP contribution in [0.5, 0.6) is 5.75 Å². The number of carbonyl (C=O) groups is 2. The third-order valence-electron chi connectivity index (χ3n) is 6.66. The van der Waals surface area contributed by atoms with Gasteiger partial charge in [-0.05, 0) is 72.4 Å². The van der Waals surface area contributed by atoms with E-state index in [4.69, 9.17) is 4.74 Å². The Hall–Kier alpha value is -4.40. The van der Waals surface area contributed by atoms with Crippen LogP contribution in [0.2, 0.25) is 0 Å². The van der Waals surface area contributed by atoms with Crippen molar-refractivity contribution in [2.45, 2.75) is 25.7 Å². The van der Waals surface area contributed by atoms with Crippen molar-refractivity contribution in [1.82, 2.24) is 4.90 Å². The Bertz CT molecular complexity index is 1360. The number of hydrogen-bond acceptors (Lipinski definition) is 6. The molecular weight excluding hydrogens is 460 g/mol. The van der Waals surface area contributed by atoms with Crippen LogP contribution in [0.25, 0.3) is 11.1 Å². The summed E-state index contributed by atoms with van der Waals surface area (Å²) in [6.45, 7) is 1.69. The van der Waals surface area contributed by atoms with Gasteiger partial charge in [-0.2, -0.15) is 0 Å². The predicted molar refractivity (Wildman–Crippen MR) is 137 cm³/mol. The maximum atomic E-state index is 13.0. The van der Waals surface area contributed by atoms with Crippen molar-refractivity contribution in [3.05, 3.63) is 75.8 Å². The van der Waals surface area contributed by atoms with Crippen molar-refractivity contribution >= 4 is 34.6 Å². The van der Waals surface area contributed by atoms with Crippen LogP contribution in [0.3, 0.4) is 0 Å². The van der Waals surface area contributed by atoms with Crippen molar-refractivity contribution in [2.75, 3.05) is 30.8 Å². The Balaban J connectivity index is 1.38. The largest absolute Gasteiger partial charge is 0.490 e. The summed E-state index contributed by atoms with van der Waals surface area (Å²) in [6, 6.07) is 15.8. The van der Waals surface area contributed by atoms with E-state index in [-0.39, 0.29) is 23.3 Å². The van der Waals surface area contributed by atoms with E-state index in [0.717, 1.165) is 48.3 Å². The SMILES string of the molecule is COc1cc(-c2ccc3c(c2)Nc2ccc(CCC(=O)N4CCCC4)cc2NC3=O)ccc1[N+](=O)[O-]. The first kappa shape index (κ1) is 23.3. The molecule has 5 rings (SSSR count). The fraction of sp³-hybridized carbons (Fsp3) is 0.259. The van der Waals surface area contributed by atoms with Crippen LogP contribution in [-0.4, -0.2) is 41.8 Å². The van der Waals surface area contributed by atoms with Crippen LogP contribution in [0.4, 0.5) is 22.7 Å². The van der Waals surface area contributed by atoms with Crippen molar-refractivity contribution in [1.29, 1.82) is 0 Å². The maximum Gasteiger partial charge on any atom is 0.310 e. The molecule has 0 saturated carbocycles. The van der Waals surface area contributed by atoms with E-state index in [1.807, 2.05) is 29.2 Å². The smallest absolute Gasteiger partial charge is 0.310 e. The molecule has 0 aliphatic carbocycles. The molecule has 0 unspecified atom stereocenters. The Kier molecular flexibility index (Phi) is 6.28. The van der Waals surface area contributed by atoms with Crippen molar-refractivity contribution in [3.8, 4) is 16.9 Å². The number of nitro benzene ring substituents is 1. The van der Waals surface area contributed by atoms with E-state index in [2.05, 4.69) is 10.6 Å². The van der Waals surface area contributed by atoms with Gasteiger partial charge in [0.05, 0.1) is 34.7 Å². The summed E-state index contributed by atoms with van der Waals surface area (Å²) in [5, 5.41) is 17.5. The highest BCUT2D eigenvalue weighted by atomic mass is 16.6. The lowest BCUT2D eigenvalue weighted by molar-refractivity contribution is -0.385. The molecule has 0 aromatic heterocycles. The Morgan fingerprint density at radius 1 is 0.972 bits per heavy atom. The van der Waals surface area contributed by atoms with Gasteiger partial charge >= 0.3 is 5.69 Å². The lowest BCUT2D eigenvalue weighted by atomic mass is 10.0. The molecule has 3 aromatic rings. The zero-order valence-corrected chi connectivity index (χ0v) is 19.9. The van der Waals surface area contributed by atoms with Crippen molar-refractivity contribution in [2.24, 2.45) is 0 Å². The number of methoxy groups -OCH3 is 1. The molecular formula is C27H26N4O5. The molecule has 2 aliphatic heterocycles. The molecule has 9 heteroatoms. The summed E-state index contributed by atoms with van der Waals surface area (Å²) in [5.41, 5.74) is 4.88. The minimum Gasteiger partial charge on any atom is -0.490 e. The van der Waals surface area contributed by atoms with Gasteiger partial charge in [0.25, 0.3) is 5.91 Å². The number of likely N-dealkylation sites (tertiary alicyclic amines) is 1. The fourth-order valence-corrected chi connectivity index (χ4v) is 4.70. The standard InChI is InChI=1S/C27H26N4O5/c1-36-25-16-19(7-10-24(25)31(34)35)18-6-8-20-22(15-18)28-21-9-4-17(14-23(21)29-27(20)33)5-11-26(32)30-12-2-3-13-30/h4,6-10,14-16,28H,2-3,5,11-13H2,1H3,(H,29,33). The second kappa shape index (κ2) is 9.69. The number of carbonyl (C=O) groups excluding carboxylic acids is 2. The molecule has 0 atom stereocenters. The highest BCUT2D eigenvalue weighted by Gasteiger charge is 2.22. The van der Waals surface area contributed by atoms with Crippen molar-refractivity contribution < 1.29 is 19.2 Å². The number of anilines is 3. The number of rotatable bonds is 6. The van der Waals surface area contributed by atoms with Gasteiger partial charge in [0, 0.05) is 25.6 Å². The Morgan fingerprint density at radius 3 is 2.47 bits per heavy atom. The third-order valence-corrected chi connectivity index (χ3v) is 6.66. The summed E-state index contributed by atoms with van der Waals surface area (Å²) in [5.74, 6) is 0.0982. The molecule has 1 saturated heterocycles. The minimum absolute atomic E-state index is 0.111. The van der Waals surface area contributed by atoms with Gasteiger partial charge in [-0.3, -0.25) is 19.7 Å². The number of nitrogens with one attached hydrogen (secondary N) is 2.